The van der Waals surface area contributed by atoms with Crippen molar-refractivity contribution >= 4 is 22.8 Å². The molecular formula is C22H25N5O2. The molecule has 7 heteroatoms. The first kappa shape index (κ1) is 19.1. The van der Waals surface area contributed by atoms with E-state index >= 15 is 0 Å². The molecule has 1 aliphatic heterocycles. The molecule has 3 aromatic rings. The van der Waals surface area contributed by atoms with Crippen LogP contribution < -0.4 is 5.32 Å². The summed E-state index contributed by atoms with van der Waals surface area (Å²) in [6, 6.07) is 13.0. The number of hydrogen-bond acceptors (Lipinski definition) is 4. The van der Waals surface area contributed by atoms with Gasteiger partial charge in [0.05, 0.1) is 23.2 Å². The molecule has 1 aromatic heterocycles. The van der Waals surface area contributed by atoms with E-state index in [-0.39, 0.29) is 17.9 Å². The summed E-state index contributed by atoms with van der Waals surface area (Å²) in [5.74, 6) is 0.0796. The van der Waals surface area contributed by atoms with Crippen LogP contribution in [-0.4, -0.2) is 44.3 Å². The maximum atomic E-state index is 13.0. The van der Waals surface area contributed by atoms with Crippen LogP contribution in [0.1, 0.15) is 47.1 Å². The Morgan fingerprint density at radius 2 is 1.90 bits per heavy atom. The number of para-hydroxylation sites is 1. The number of rotatable bonds is 6. The van der Waals surface area contributed by atoms with E-state index in [1.165, 1.54) is 0 Å². The number of nitrogens with zero attached hydrogens (tertiary/aromatic N) is 4. The number of amides is 2. The minimum Gasteiger partial charge on any atom is -0.348 e. The van der Waals surface area contributed by atoms with Crippen molar-refractivity contribution in [2.45, 2.75) is 39.9 Å². The summed E-state index contributed by atoms with van der Waals surface area (Å²) in [4.78, 5) is 27.6. The lowest BCUT2D eigenvalue weighted by molar-refractivity contribution is 0.0754. The molecule has 1 aliphatic rings. The van der Waals surface area contributed by atoms with E-state index in [9.17, 15) is 9.59 Å². The number of fused-ring (bicyclic) bond motifs is 2. The SMILES string of the molecule is CC(C)CN1Cc2cccc(C(=O)N[C@@H](C)Cn3nnc4ccccc43)c2C1=O. The van der Waals surface area contributed by atoms with E-state index in [1.54, 1.807) is 10.7 Å². The van der Waals surface area contributed by atoms with Gasteiger partial charge in [-0.15, -0.1) is 5.10 Å². The zero-order valence-electron chi connectivity index (χ0n) is 16.9. The molecule has 0 saturated carbocycles. The van der Waals surface area contributed by atoms with Crippen molar-refractivity contribution in [3.05, 3.63) is 59.2 Å². The lowest BCUT2D eigenvalue weighted by atomic mass is 10.0. The Kier molecular flexibility index (Phi) is 5.05. The highest BCUT2D eigenvalue weighted by Crippen LogP contribution is 2.27. The smallest absolute Gasteiger partial charge is 0.255 e. The van der Waals surface area contributed by atoms with E-state index in [4.69, 9.17) is 0 Å². The molecule has 2 aromatic carbocycles. The van der Waals surface area contributed by atoms with Crippen LogP contribution in [0.3, 0.4) is 0 Å². The van der Waals surface area contributed by atoms with Crippen molar-refractivity contribution in [2.24, 2.45) is 5.92 Å². The molecular weight excluding hydrogens is 366 g/mol. The predicted molar refractivity (Wildman–Crippen MR) is 110 cm³/mol. The average Bonchev–Trinajstić information content (AvgIpc) is 3.23. The minimum atomic E-state index is -0.237. The molecule has 150 valence electrons. The summed E-state index contributed by atoms with van der Waals surface area (Å²) >= 11 is 0. The zero-order chi connectivity index (χ0) is 20.5. The number of carbonyl (C=O) groups excluding carboxylic acids is 2. The van der Waals surface area contributed by atoms with Gasteiger partial charge in [-0.2, -0.15) is 0 Å². The number of aromatic nitrogens is 3. The first-order valence-electron chi connectivity index (χ1n) is 9.94. The molecule has 0 fully saturated rings. The lowest BCUT2D eigenvalue weighted by Gasteiger charge is -2.18. The third kappa shape index (κ3) is 3.72. The molecule has 7 nitrogen and oxygen atoms in total. The Labute approximate surface area is 169 Å². The highest BCUT2D eigenvalue weighted by molar-refractivity contribution is 6.09. The topological polar surface area (TPSA) is 80.1 Å². The van der Waals surface area contributed by atoms with E-state index in [0.717, 1.165) is 16.6 Å². The quantitative estimate of drug-likeness (QED) is 0.701. The highest BCUT2D eigenvalue weighted by Gasteiger charge is 2.32. The zero-order valence-corrected chi connectivity index (χ0v) is 16.9. The standard InChI is InChI=1S/C22H25N5O2/c1-14(2)11-26-13-16-7-6-8-17(20(16)22(26)29)21(28)23-15(3)12-27-19-10-5-4-9-18(19)24-25-27/h4-10,14-15H,11-13H2,1-3H3,(H,23,28)/t15-/m0/s1. The van der Waals surface area contributed by atoms with Gasteiger partial charge in [0.1, 0.15) is 5.52 Å². The van der Waals surface area contributed by atoms with Gasteiger partial charge in [0.15, 0.2) is 0 Å². The molecule has 0 unspecified atom stereocenters. The van der Waals surface area contributed by atoms with Gasteiger partial charge in [0, 0.05) is 19.1 Å². The second-order valence-electron chi connectivity index (χ2n) is 8.05. The molecule has 1 atom stereocenters. The maximum Gasteiger partial charge on any atom is 0.255 e. The van der Waals surface area contributed by atoms with E-state index in [0.29, 0.717) is 36.7 Å². The molecule has 4 rings (SSSR count). The Morgan fingerprint density at radius 3 is 2.69 bits per heavy atom. The highest BCUT2D eigenvalue weighted by atomic mass is 16.2. The Balaban J connectivity index is 1.50. The van der Waals surface area contributed by atoms with Crippen molar-refractivity contribution in [1.82, 2.24) is 25.2 Å². The number of benzene rings is 2. The third-order valence-electron chi connectivity index (χ3n) is 5.09. The van der Waals surface area contributed by atoms with Gasteiger partial charge in [0.2, 0.25) is 0 Å². The first-order chi connectivity index (χ1) is 13.9. The number of nitrogens with one attached hydrogen (secondary N) is 1. The Hall–Kier alpha value is -3.22. The number of hydrogen-bond donors (Lipinski definition) is 1. The van der Waals surface area contributed by atoms with Crippen LogP contribution >= 0.6 is 0 Å². The van der Waals surface area contributed by atoms with Crippen molar-refractivity contribution in [2.75, 3.05) is 6.54 Å². The van der Waals surface area contributed by atoms with Crippen LogP contribution in [0.5, 0.6) is 0 Å². The van der Waals surface area contributed by atoms with Gasteiger partial charge in [0.25, 0.3) is 11.8 Å². The maximum absolute atomic E-state index is 13.0. The summed E-state index contributed by atoms with van der Waals surface area (Å²) in [7, 11) is 0. The van der Waals surface area contributed by atoms with Gasteiger partial charge < -0.3 is 10.2 Å². The summed E-state index contributed by atoms with van der Waals surface area (Å²) in [6.07, 6.45) is 0. The molecule has 0 radical (unpaired) electrons. The fourth-order valence-corrected chi connectivity index (χ4v) is 3.86. The molecule has 1 N–H and O–H groups in total. The third-order valence-corrected chi connectivity index (χ3v) is 5.09. The molecule has 0 bridgehead atoms. The van der Waals surface area contributed by atoms with Crippen molar-refractivity contribution in [1.29, 1.82) is 0 Å². The summed E-state index contributed by atoms with van der Waals surface area (Å²) in [5, 5.41) is 11.3. The molecule has 0 spiro atoms. The summed E-state index contributed by atoms with van der Waals surface area (Å²) in [5.41, 5.74) is 3.63. The van der Waals surface area contributed by atoms with Crippen molar-refractivity contribution < 1.29 is 9.59 Å². The van der Waals surface area contributed by atoms with Gasteiger partial charge in [-0.05, 0) is 36.6 Å². The molecule has 0 saturated heterocycles. The van der Waals surface area contributed by atoms with Gasteiger partial charge >= 0.3 is 0 Å². The van der Waals surface area contributed by atoms with Crippen LogP contribution in [0.4, 0.5) is 0 Å². The number of carbonyl (C=O) groups is 2. The van der Waals surface area contributed by atoms with Gasteiger partial charge in [-0.25, -0.2) is 4.68 Å². The molecule has 2 amide bonds. The van der Waals surface area contributed by atoms with Crippen LogP contribution in [-0.2, 0) is 13.1 Å². The summed E-state index contributed by atoms with van der Waals surface area (Å²) < 4.78 is 1.78. The second-order valence-corrected chi connectivity index (χ2v) is 8.05. The first-order valence-corrected chi connectivity index (χ1v) is 9.94. The molecule has 0 aliphatic carbocycles. The van der Waals surface area contributed by atoms with Gasteiger partial charge in [-0.3, -0.25) is 9.59 Å². The van der Waals surface area contributed by atoms with Crippen LogP contribution in [0, 0.1) is 5.92 Å². The average molecular weight is 391 g/mol. The van der Waals surface area contributed by atoms with Crippen molar-refractivity contribution in [3.63, 3.8) is 0 Å². The van der Waals surface area contributed by atoms with Crippen LogP contribution in [0.2, 0.25) is 0 Å². The van der Waals surface area contributed by atoms with Crippen molar-refractivity contribution in [3.8, 4) is 0 Å². The van der Waals surface area contributed by atoms with Crippen LogP contribution in [0.25, 0.3) is 11.0 Å². The van der Waals surface area contributed by atoms with E-state index in [2.05, 4.69) is 29.5 Å². The van der Waals surface area contributed by atoms with E-state index < -0.39 is 0 Å². The Bertz CT molecular complexity index is 1070. The lowest BCUT2D eigenvalue weighted by Crippen LogP contribution is -2.37. The fraction of sp³-hybridized carbons (Fsp3) is 0.364. The molecule has 29 heavy (non-hydrogen) atoms. The van der Waals surface area contributed by atoms with Gasteiger partial charge in [-0.1, -0.05) is 43.3 Å². The predicted octanol–water partition coefficient (Wildman–Crippen LogP) is 2.86. The fourth-order valence-electron chi connectivity index (χ4n) is 3.86. The monoisotopic (exact) mass is 391 g/mol. The Morgan fingerprint density at radius 1 is 1.10 bits per heavy atom. The minimum absolute atomic E-state index is 0.0608. The van der Waals surface area contributed by atoms with E-state index in [1.807, 2.05) is 48.2 Å². The van der Waals surface area contributed by atoms with Crippen LogP contribution in [0.15, 0.2) is 42.5 Å². The second kappa shape index (κ2) is 7.66. The largest absolute Gasteiger partial charge is 0.348 e. The molecule has 2 heterocycles. The summed E-state index contributed by atoms with van der Waals surface area (Å²) in [6.45, 7) is 7.83. The normalized spacial score (nSPS) is 14.5.